The first-order valence-electron chi connectivity index (χ1n) is 6.81. The van der Waals surface area contributed by atoms with E-state index in [2.05, 4.69) is 5.32 Å². The molecule has 1 aromatic carbocycles. The molecular weight excluding hydrogens is 285 g/mol. The quantitative estimate of drug-likeness (QED) is 0.835. The third-order valence-electron chi connectivity index (χ3n) is 3.62. The first-order valence-corrected chi connectivity index (χ1v) is 6.81. The number of aliphatic hydroxyl groups excluding tert-OH is 1. The van der Waals surface area contributed by atoms with Crippen molar-refractivity contribution in [2.45, 2.75) is 25.3 Å². The number of amides is 1. The van der Waals surface area contributed by atoms with Gasteiger partial charge in [0, 0.05) is 6.04 Å². The molecule has 0 saturated carbocycles. The lowest BCUT2D eigenvalue weighted by Gasteiger charge is -2.33. The number of anilines is 1. The van der Waals surface area contributed by atoms with Crippen molar-refractivity contribution in [3.05, 3.63) is 29.6 Å². The Kier molecular flexibility index (Phi) is 5.19. The van der Waals surface area contributed by atoms with Crippen molar-refractivity contribution in [3.8, 4) is 0 Å². The summed E-state index contributed by atoms with van der Waals surface area (Å²) in [6, 6.07) is 1.64. The summed E-state index contributed by atoms with van der Waals surface area (Å²) < 4.78 is 39.3. The number of nitrogens with zero attached hydrogens (tertiary/aromatic N) is 1. The summed E-state index contributed by atoms with van der Waals surface area (Å²) in [5.74, 6) is -4.86. The topological polar surface area (TPSA) is 52.6 Å². The zero-order valence-electron chi connectivity index (χ0n) is 11.4. The molecule has 21 heavy (non-hydrogen) atoms. The highest BCUT2D eigenvalue weighted by molar-refractivity contribution is 5.92. The number of carbonyl (C=O) groups is 1. The number of nitrogens with one attached hydrogen (secondary N) is 1. The summed E-state index contributed by atoms with van der Waals surface area (Å²) >= 11 is 0. The summed E-state index contributed by atoms with van der Waals surface area (Å²) in [5.41, 5.74) is -0.392. The van der Waals surface area contributed by atoms with E-state index in [4.69, 9.17) is 0 Å². The van der Waals surface area contributed by atoms with E-state index in [1.807, 2.05) is 0 Å². The molecule has 0 bridgehead atoms. The van der Waals surface area contributed by atoms with Crippen molar-refractivity contribution >= 4 is 11.6 Å². The largest absolute Gasteiger partial charge is 0.395 e. The van der Waals surface area contributed by atoms with Gasteiger partial charge < -0.3 is 10.4 Å². The maximum atomic E-state index is 13.5. The lowest BCUT2D eigenvalue weighted by molar-refractivity contribution is -0.118. The van der Waals surface area contributed by atoms with Gasteiger partial charge in [-0.3, -0.25) is 9.69 Å². The molecule has 4 nitrogen and oxygen atoms in total. The van der Waals surface area contributed by atoms with Crippen LogP contribution < -0.4 is 5.32 Å². The molecule has 1 aromatic rings. The summed E-state index contributed by atoms with van der Waals surface area (Å²) in [4.78, 5) is 13.7. The van der Waals surface area contributed by atoms with E-state index in [0.717, 1.165) is 31.4 Å². The number of rotatable bonds is 4. The third kappa shape index (κ3) is 3.74. The summed E-state index contributed by atoms with van der Waals surface area (Å²) in [5, 5.41) is 11.5. The second-order valence-electron chi connectivity index (χ2n) is 5.07. The fourth-order valence-electron chi connectivity index (χ4n) is 2.47. The number of piperidine rings is 1. The number of hydrogen-bond acceptors (Lipinski definition) is 3. The third-order valence-corrected chi connectivity index (χ3v) is 3.62. The Labute approximate surface area is 120 Å². The van der Waals surface area contributed by atoms with Gasteiger partial charge >= 0.3 is 0 Å². The first kappa shape index (κ1) is 15.8. The van der Waals surface area contributed by atoms with Gasteiger partial charge in [0.15, 0.2) is 17.5 Å². The Bertz CT molecular complexity index is 525. The maximum absolute atomic E-state index is 13.5. The second kappa shape index (κ2) is 6.91. The molecule has 0 spiro atoms. The molecular formula is C14H17F3N2O2. The molecule has 0 radical (unpaired) electrons. The zero-order valence-corrected chi connectivity index (χ0v) is 11.4. The SMILES string of the molecule is O=C(CN1CCCCC1CO)Nc1ccc(F)c(F)c1F. The maximum Gasteiger partial charge on any atom is 0.238 e. The average molecular weight is 302 g/mol. The zero-order chi connectivity index (χ0) is 15.4. The van der Waals surface area contributed by atoms with Crippen molar-refractivity contribution in [2.24, 2.45) is 0 Å². The van der Waals surface area contributed by atoms with Gasteiger partial charge in [0.2, 0.25) is 5.91 Å². The highest BCUT2D eigenvalue weighted by Crippen LogP contribution is 2.20. The summed E-state index contributed by atoms with van der Waals surface area (Å²) in [6.45, 7) is 0.593. The molecule has 0 aliphatic carbocycles. The van der Waals surface area contributed by atoms with E-state index in [-0.39, 0.29) is 19.2 Å². The van der Waals surface area contributed by atoms with Gasteiger partial charge in [-0.15, -0.1) is 0 Å². The minimum atomic E-state index is -1.61. The predicted molar refractivity (Wildman–Crippen MR) is 71.2 cm³/mol. The second-order valence-corrected chi connectivity index (χ2v) is 5.07. The highest BCUT2D eigenvalue weighted by Gasteiger charge is 2.24. The normalized spacial score (nSPS) is 19.5. The smallest absolute Gasteiger partial charge is 0.238 e. The van der Waals surface area contributed by atoms with E-state index in [1.165, 1.54) is 0 Å². The molecule has 1 amide bonds. The summed E-state index contributed by atoms with van der Waals surface area (Å²) in [7, 11) is 0. The average Bonchev–Trinajstić information content (AvgIpc) is 2.48. The van der Waals surface area contributed by atoms with Crippen LogP contribution in [0.25, 0.3) is 0 Å². The Hall–Kier alpha value is -1.60. The van der Waals surface area contributed by atoms with Crippen LogP contribution in [0.5, 0.6) is 0 Å². The van der Waals surface area contributed by atoms with Crippen molar-refractivity contribution in [1.82, 2.24) is 4.90 Å². The van der Waals surface area contributed by atoms with Gasteiger partial charge in [-0.2, -0.15) is 0 Å². The molecule has 1 aliphatic heterocycles. The number of likely N-dealkylation sites (tertiary alicyclic amines) is 1. The van der Waals surface area contributed by atoms with E-state index < -0.39 is 29.0 Å². The van der Waals surface area contributed by atoms with Gasteiger partial charge in [0.25, 0.3) is 0 Å². The molecule has 1 atom stereocenters. The summed E-state index contributed by atoms with van der Waals surface area (Å²) in [6.07, 6.45) is 2.70. The van der Waals surface area contributed by atoms with Gasteiger partial charge in [-0.1, -0.05) is 6.42 Å². The number of carbonyl (C=O) groups excluding carboxylic acids is 1. The van der Waals surface area contributed by atoms with Crippen LogP contribution in [-0.4, -0.2) is 41.7 Å². The van der Waals surface area contributed by atoms with E-state index in [0.29, 0.717) is 6.54 Å². The van der Waals surface area contributed by atoms with E-state index >= 15 is 0 Å². The standard InChI is InChI=1S/C14H17F3N2O2/c15-10-4-5-11(14(17)13(10)16)18-12(21)7-19-6-2-1-3-9(19)8-20/h4-5,9,20H,1-3,6-8H2,(H,18,21). The van der Waals surface area contributed by atoms with Crippen LogP contribution >= 0.6 is 0 Å². The monoisotopic (exact) mass is 302 g/mol. The fourth-order valence-corrected chi connectivity index (χ4v) is 2.47. The molecule has 7 heteroatoms. The van der Waals surface area contributed by atoms with Crippen LogP contribution in [0.1, 0.15) is 19.3 Å². The van der Waals surface area contributed by atoms with Crippen molar-refractivity contribution in [3.63, 3.8) is 0 Å². The molecule has 1 fully saturated rings. The Morgan fingerprint density at radius 2 is 2.05 bits per heavy atom. The number of halogens is 3. The van der Waals surface area contributed by atoms with Gasteiger partial charge in [0.1, 0.15) is 0 Å². The number of benzene rings is 1. The van der Waals surface area contributed by atoms with Crippen LogP contribution in [0.4, 0.5) is 18.9 Å². The van der Waals surface area contributed by atoms with Crippen LogP contribution in [0.2, 0.25) is 0 Å². The lowest BCUT2D eigenvalue weighted by Crippen LogP contribution is -2.45. The molecule has 116 valence electrons. The predicted octanol–water partition coefficient (Wildman–Crippen LogP) is 1.89. The highest BCUT2D eigenvalue weighted by atomic mass is 19.2. The Balaban J connectivity index is 2.00. The van der Waals surface area contributed by atoms with Gasteiger partial charge in [-0.05, 0) is 31.5 Å². The van der Waals surface area contributed by atoms with Crippen LogP contribution in [0, 0.1) is 17.5 Å². The van der Waals surface area contributed by atoms with Crippen LogP contribution in [0.3, 0.4) is 0 Å². The van der Waals surface area contributed by atoms with Crippen molar-refractivity contribution in [2.75, 3.05) is 25.0 Å². The molecule has 2 N–H and O–H groups in total. The molecule has 1 unspecified atom stereocenters. The Morgan fingerprint density at radius 3 is 2.76 bits per heavy atom. The minimum absolute atomic E-state index is 0.0241. The Morgan fingerprint density at radius 1 is 1.29 bits per heavy atom. The molecule has 2 rings (SSSR count). The van der Waals surface area contributed by atoms with Crippen molar-refractivity contribution in [1.29, 1.82) is 0 Å². The van der Waals surface area contributed by atoms with Crippen molar-refractivity contribution < 1.29 is 23.1 Å². The number of hydrogen-bond donors (Lipinski definition) is 2. The van der Waals surface area contributed by atoms with E-state index in [1.54, 1.807) is 4.90 Å². The van der Waals surface area contributed by atoms with Gasteiger partial charge in [-0.25, -0.2) is 13.2 Å². The molecule has 1 aliphatic rings. The number of aliphatic hydroxyl groups is 1. The lowest BCUT2D eigenvalue weighted by atomic mass is 10.0. The molecule has 1 saturated heterocycles. The fraction of sp³-hybridized carbons (Fsp3) is 0.500. The minimum Gasteiger partial charge on any atom is -0.395 e. The molecule has 1 heterocycles. The van der Waals surface area contributed by atoms with E-state index in [9.17, 15) is 23.1 Å². The van der Waals surface area contributed by atoms with Crippen LogP contribution in [0.15, 0.2) is 12.1 Å². The first-order chi connectivity index (χ1) is 10.0. The van der Waals surface area contributed by atoms with Crippen LogP contribution in [-0.2, 0) is 4.79 Å². The van der Waals surface area contributed by atoms with Gasteiger partial charge in [0.05, 0.1) is 18.8 Å². The molecule has 0 aromatic heterocycles.